The number of hydrogen-bond acceptors (Lipinski definition) is 2. The number of benzene rings is 1. The van der Waals surface area contributed by atoms with E-state index in [2.05, 4.69) is 45.6 Å². The third kappa shape index (κ3) is 3.11. The number of carbonyl (C=O) groups excluding carboxylic acids is 1. The highest BCUT2D eigenvalue weighted by Crippen LogP contribution is 2.31. The van der Waals surface area contributed by atoms with Gasteiger partial charge in [-0.1, -0.05) is 43.5 Å². The van der Waals surface area contributed by atoms with E-state index in [1.807, 2.05) is 12.1 Å². The first-order chi connectivity index (χ1) is 11.8. The minimum absolute atomic E-state index is 0.126. The van der Waals surface area contributed by atoms with Crippen molar-refractivity contribution in [3.8, 4) is 10.6 Å². The monoisotopic (exact) mass is 338 g/mol. The summed E-state index contributed by atoms with van der Waals surface area (Å²) in [6.45, 7) is 0.386. The molecule has 4 rings (SSSR count). The fraction of sp³-hybridized carbons (Fsp3) is 0.350. The molecule has 124 valence electrons. The Morgan fingerprint density at radius 2 is 1.96 bits per heavy atom. The zero-order valence-corrected chi connectivity index (χ0v) is 14.5. The minimum atomic E-state index is 0.126. The molecule has 0 bridgehead atoms. The molecule has 1 saturated carbocycles. The molecular weight excluding hydrogens is 316 g/mol. The Balaban J connectivity index is 1.62. The van der Waals surface area contributed by atoms with Crippen molar-refractivity contribution in [2.24, 2.45) is 0 Å². The SMILES string of the molecule is O=C(Cn1c(-c2cccs2)cc2ccccc21)NC1CCCCC1. The molecule has 0 unspecified atom stereocenters. The number of amides is 1. The average molecular weight is 338 g/mol. The lowest BCUT2D eigenvalue weighted by Gasteiger charge is -2.23. The number of thiophene rings is 1. The summed E-state index contributed by atoms with van der Waals surface area (Å²) in [6.07, 6.45) is 6.01. The molecule has 0 radical (unpaired) electrons. The smallest absolute Gasteiger partial charge is 0.240 e. The molecule has 1 aliphatic rings. The van der Waals surface area contributed by atoms with E-state index in [0.29, 0.717) is 12.6 Å². The number of nitrogens with zero attached hydrogens (tertiary/aromatic N) is 1. The van der Waals surface area contributed by atoms with E-state index in [1.54, 1.807) is 11.3 Å². The first-order valence-electron chi connectivity index (χ1n) is 8.73. The van der Waals surface area contributed by atoms with Crippen LogP contribution in [0.1, 0.15) is 32.1 Å². The maximum atomic E-state index is 12.6. The molecule has 1 aromatic carbocycles. The molecule has 2 aromatic heterocycles. The van der Waals surface area contributed by atoms with Crippen molar-refractivity contribution in [3.05, 3.63) is 47.8 Å². The first-order valence-corrected chi connectivity index (χ1v) is 9.61. The third-order valence-corrected chi connectivity index (χ3v) is 5.75. The van der Waals surface area contributed by atoms with Gasteiger partial charge in [-0.2, -0.15) is 0 Å². The quantitative estimate of drug-likeness (QED) is 0.727. The summed E-state index contributed by atoms with van der Waals surface area (Å²) in [7, 11) is 0. The van der Waals surface area contributed by atoms with Gasteiger partial charge >= 0.3 is 0 Å². The molecule has 3 nitrogen and oxygen atoms in total. The van der Waals surface area contributed by atoms with E-state index < -0.39 is 0 Å². The lowest BCUT2D eigenvalue weighted by atomic mass is 9.95. The van der Waals surface area contributed by atoms with Crippen LogP contribution in [0.2, 0.25) is 0 Å². The molecule has 0 spiro atoms. The van der Waals surface area contributed by atoms with Crippen LogP contribution in [0.5, 0.6) is 0 Å². The van der Waals surface area contributed by atoms with Crippen LogP contribution in [0.4, 0.5) is 0 Å². The number of nitrogens with one attached hydrogen (secondary N) is 1. The number of aromatic nitrogens is 1. The van der Waals surface area contributed by atoms with Crippen LogP contribution in [0.25, 0.3) is 21.5 Å². The van der Waals surface area contributed by atoms with Crippen LogP contribution < -0.4 is 5.32 Å². The molecule has 0 saturated heterocycles. The van der Waals surface area contributed by atoms with Gasteiger partial charge in [0.2, 0.25) is 5.91 Å². The Morgan fingerprint density at radius 3 is 2.75 bits per heavy atom. The predicted molar refractivity (Wildman–Crippen MR) is 100 cm³/mol. The van der Waals surface area contributed by atoms with Crippen LogP contribution >= 0.6 is 11.3 Å². The highest BCUT2D eigenvalue weighted by Gasteiger charge is 2.18. The van der Waals surface area contributed by atoms with Gasteiger partial charge in [0, 0.05) is 16.9 Å². The zero-order valence-electron chi connectivity index (χ0n) is 13.7. The Labute approximate surface area is 146 Å². The summed E-state index contributed by atoms with van der Waals surface area (Å²) in [4.78, 5) is 13.8. The molecule has 1 aliphatic carbocycles. The Hall–Kier alpha value is -2.07. The van der Waals surface area contributed by atoms with E-state index in [9.17, 15) is 4.79 Å². The third-order valence-electron chi connectivity index (χ3n) is 4.86. The summed E-state index contributed by atoms with van der Waals surface area (Å²) < 4.78 is 2.15. The van der Waals surface area contributed by atoms with Gasteiger partial charge in [0.1, 0.15) is 6.54 Å². The lowest BCUT2D eigenvalue weighted by Crippen LogP contribution is -2.38. The van der Waals surface area contributed by atoms with Crippen molar-refractivity contribution in [3.63, 3.8) is 0 Å². The number of carbonyl (C=O) groups is 1. The summed E-state index contributed by atoms with van der Waals surface area (Å²) in [6, 6.07) is 15.0. The lowest BCUT2D eigenvalue weighted by molar-refractivity contribution is -0.122. The number of para-hydroxylation sites is 1. The fourth-order valence-corrected chi connectivity index (χ4v) is 4.42. The maximum Gasteiger partial charge on any atom is 0.240 e. The molecule has 0 aliphatic heterocycles. The van der Waals surface area contributed by atoms with Crippen LogP contribution in [0, 0.1) is 0 Å². The topological polar surface area (TPSA) is 34.0 Å². The van der Waals surface area contributed by atoms with Crippen molar-refractivity contribution in [1.29, 1.82) is 0 Å². The van der Waals surface area contributed by atoms with Gasteiger partial charge in [0.05, 0.1) is 10.6 Å². The number of fused-ring (bicyclic) bond motifs is 1. The summed E-state index contributed by atoms with van der Waals surface area (Å²) in [5, 5.41) is 6.51. The van der Waals surface area contributed by atoms with Gasteiger partial charge in [-0.3, -0.25) is 4.79 Å². The number of hydrogen-bond donors (Lipinski definition) is 1. The minimum Gasteiger partial charge on any atom is -0.352 e. The Kier molecular flexibility index (Phi) is 4.39. The molecule has 24 heavy (non-hydrogen) atoms. The molecule has 1 amide bonds. The molecule has 2 heterocycles. The maximum absolute atomic E-state index is 12.6. The van der Waals surface area contributed by atoms with Gasteiger partial charge in [-0.15, -0.1) is 11.3 Å². The highest BCUT2D eigenvalue weighted by atomic mass is 32.1. The van der Waals surface area contributed by atoms with E-state index >= 15 is 0 Å². The predicted octanol–water partition coefficient (Wildman–Crippen LogP) is 4.82. The number of rotatable bonds is 4. The van der Waals surface area contributed by atoms with Crippen molar-refractivity contribution in [2.45, 2.75) is 44.7 Å². The van der Waals surface area contributed by atoms with E-state index in [-0.39, 0.29) is 5.91 Å². The van der Waals surface area contributed by atoms with E-state index in [1.165, 1.54) is 29.5 Å². The summed E-state index contributed by atoms with van der Waals surface area (Å²) in [5.74, 6) is 0.126. The highest BCUT2D eigenvalue weighted by molar-refractivity contribution is 7.13. The first kappa shape index (κ1) is 15.5. The van der Waals surface area contributed by atoms with E-state index in [0.717, 1.165) is 24.1 Å². The van der Waals surface area contributed by atoms with Crippen LogP contribution in [0.15, 0.2) is 47.8 Å². The van der Waals surface area contributed by atoms with Gasteiger partial charge in [-0.05, 0) is 36.4 Å². The Morgan fingerprint density at radius 1 is 1.12 bits per heavy atom. The van der Waals surface area contributed by atoms with Crippen LogP contribution in [-0.2, 0) is 11.3 Å². The van der Waals surface area contributed by atoms with E-state index in [4.69, 9.17) is 0 Å². The fourth-order valence-electron chi connectivity index (χ4n) is 3.67. The van der Waals surface area contributed by atoms with Gasteiger partial charge in [-0.25, -0.2) is 0 Å². The molecular formula is C20H22N2OS. The van der Waals surface area contributed by atoms with Gasteiger partial charge < -0.3 is 9.88 Å². The summed E-state index contributed by atoms with van der Waals surface area (Å²) >= 11 is 1.72. The largest absolute Gasteiger partial charge is 0.352 e. The molecule has 0 atom stereocenters. The standard InChI is InChI=1S/C20H22N2OS/c23-20(21-16-8-2-1-3-9-16)14-22-17-10-5-4-7-15(17)13-18(22)19-11-6-12-24-19/h4-7,10-13,16H,1-3,8-9,14H2,(H,21,23). The van der Waals surface area contributed by atoms with Gasteiger partial charge in [0.15, 0.2) is 0 Å². The summed E-state index contributed by atoms with van der Waals surface area (Å²) in [5.41, 5.74) is 2.25. The normalized spacial score (nSPS) is 15.7. The molecule has 3 aromatic rings. The van der Waals surface area contributed by atoms with Crippen molar-refractivity contribution >= 4 is 28.1 Å². The van der Waals surface area contributed by atoms with Crippen LogP contribution in [0.3, 0.4) is 0 Å². The van der Waals surface area contributed by atoms with Crippen molar-refractivity contribution < 1.29 is 4.79 Å². The van der Waals surface area contributed by atoms with Gasteiger partial charge in [0.25, 0.3) is 0 Å². The molecule has 1 N–H and O–H groups in total. The molecule has 1 fully saturated rings. The Bertz CT molecular complexity index is 829. The van der Waals surface area contributed by atoms with Crippen LogP contribution in [-0.4, -0.2) is 16.5 Å². The average Bonchev–Trinajstić information content (AvgIpc) is 3.24. The van der Waals surface area contributed by atoms with Crippen molar-refractivity contribution in [1.82, 2.24) is 9.88 Å². The molecule has 4 heteroatoms. The van der Waals surface area contributed by atoms with Crippen molar-refractivity contribution in [2.75, 3.05) is 0 Å². The second kappa shape index (κ2) is 6.81. The second-order valence-corrected chi connectivity index (χ2v) is 7.50. The second-order valence-electron chi connectivity index (χ2n) is 6.55. The zero-order chi connectivity index (χ0) is 16.4.